The van der Waals surface area contributed by atoms with Crippen molar-refractivity contribution in [3.8, 4) is 0 Å². The highest BCUT2D eigenvalue weighted by atomic mass is 16.1. The molecule has 0 spiro atoms. The molecule has 3 heteroatoms. The fourth-order valence-electron chi connectivity index (χ4n) is 2.00. The normalized spacial score (nSPS) is 11.2. The number of aromatic nitrogens is 2. The third-order valence-corrected chi connectivity index (χ3v) is 3.13. The van der Waals surface area contributed by atoms with Gasteiger partial charge in [0.2, 0.25) is 5.78 Å². The fourth-order valence-corrected chi connectivity index (χ4v) is 2.00. The smallest absolute Gasteiger partial charge is 0.221 e. The van der Waals surface area contributed by atoms with E-state index in [1.165, 1.54) is 5.56 Å². The molecule has 98 valence electrons. The number of allylic oxidation sites excluding steroid dienone is 1. The third-order valence-electron chi connectivity index (χ3n) is 3.13. The van der Waals surface area contributed by atoms with Gasteiger partial charge in [-0.1, -0.05) is 48.0 Å². The number of aromatic amines is 1. The van der Waals surface area contributed by atoms with Crippen LogP contribution in [0.2, 0.25) is 0 Å². The van der Waals surface area contributed by atoms with Crippen molar-refractivity contribution < 1.29 is 4.79 Å². The van der Waals surface area contributed by atoms with Crippen LogP contribution in [0.5, 0.6) is 0 Å². The second-order valence-corrected chi connectivity index (χ2v) is 4.71. The Bertz CT molecular complexity index is 749. The molecule has 0 atom stereocenters. The van der Waals surface area contributed by atoms with E-state index in [1.54, 1.807) is 12.2 Å². The number of hydrogen-bond donors (Lipinski definition) is 1. The molecular weight excluding hydrogens is 248 g/mol. The van der Waals surface area contributed by atoms with Crippen LogP contribution in [-0.4, -0.2) is 15.8 Å². The average molecular weight is 262 g/mol. The zero-order chi connectivity index (χ0) is 13.9. The van der Waals surface area contributed by atoms with Crippen molar-refractivity contribution in [1.29, 1.82) is 0 Å². The highest BCUT2D eigenvalue weighted by Gasteiger charge is 2.07. The fraction of sp³-hybridized carbons (Fsp3) is 0.0588. The summed E-state index contributed by atoms with van der Waals surface area (Å²) in [6, 6.07) is 15.6. The maximum absolute atomic E-state index is 12.1. The van der Waals surface area contributed by atoms with E-state index in [0.29, 0.717) is 5.82 Å². The summed E-state index contributed by atoms with van der Waals surface area (Å²) >= 11 is 0. The van der Waals surface area contributed by atoms with Gasteiger partial charge in [-0.15, -0.1) is 0 Å². The molecule has 3 rings (SSSR count). The van der Waals surface area contributed by atoms with Crippen LogP contribution in [0.4, 0.5) is 0 Å². The zero-order valence-corrected chi connectivity index (χ0v) is 11.1. The number of carbonyl (C=O) groups excluding carboxylic acids is 1. The van der Waals surface area contributed by atoms with E-state index >= 15 is 0 Å². The largest absolute Gasteiger partial charge is 0.335 e. The minimum Gasteiger partial charge on any atom is -0.335 e. The number of ketones is 1. The molecule has 0 fully saturated rings. The number of hydrogen-bond acceptors (Lipinski definition) is 2. The standard InChI is InChI=1S/C17H14N2O/c1-12-6-8-13(9-7-12)10-11-16(20)17-18-14-4-2-3-5-15(14)19-17/h2-11H,1H3,(H,18,19). The first-order chi connectivity index (χ1) is 9.72. The predicted octanol–water partition coefficient (Wildman–Crippen LogP) is 3.77. The summed E-state index contributed by atoms with van der Waals surface area (Å²) in [6.45, 7) is 2.03. The molecule has 0 amide bonds. The van der Waals surface area contributed by atoms with Crippen LogP contribution in [0.25, 0.3) is 17.1 Å². The molecule has 0 saturated heterocycles. The van der Waals surface area contributed by atoms with Gasteiger partial charge in [0, 0.05) is 0 Å². The summed E-state index contributed by atoms with van der Waals surface area (Å²) in [5.41, 5.74) is 3.88. The second kappa shape index (κ2) is 5.13. The van der Waals surface area contributed by atoms with Crippen molar-refractivity contribution in [1.82, 2.24) is 9.97 Å². The summed E-state index contributed by atoms with van der Waals surface area (Å²) in [4.78, 5) is 19.4. The lowest BCUT2D eigenvalue weighted by Crippen LogP contribution is -1.96. The Morgan fingerprint density at radius 3 is 2.60 bits per heavy atom. The number of H-pyrrole nitrogens is 1. The first-order valence-corrected chi connectivity index (χ1v) is 6.46. The van der Waals surface area contributed by atoms with E-state index in [-0.39, 0.29) is 5.78 Å². The third kappa shape index (κ3) is 2.52. The quantitative estimate of drug-likeness (QED) is 0.577. The number of rotatable bonds is 3. The maximum Gasteiger partial charge on any atom is 0.221 e. The Kier molecular flexibility index (Phi) is 3.17. The van der Waals surface area contributed by atoms with Crippen LogP contribution in [0.3, 0.4) is 0 Å². The highest BCUT2D eigenvalue weighted by Crippen LogP contribution is 2.11. The first-order valence-electron chi connectivity index (χ1n) is 6.46. The number of aryl methyl sites for hydroxylation is 1. The summed E-state index contributed by atoms with van der Waals surface area (Å²) in [5, 5.41) is 0. The van der Waals surface area contributed by atoms with Crippen LogP contribution < -0.4 is 0 Å². The molecular formula is C17H14N2O. The van der Waals surface area contributed by atoms with Gasteiger partial charge in [-0.2, -0.15) is 0 Å². The van der Waals surface area contributed by atoms with E-state index in [9.17, 15) is 4.79 Å². The van der Waals surface area contributed by atoms with Crippen molar-refractivity contribution in [3.63, 3.8) is 0 Å². The van der Waals surface area contributed by atoms with Gasteiger partial charge in [0.1, 0.15) is 0 Å². The Labute approximate surface area is 117 Å². The van der Waals surface area contributed by atoms with Crippen molar-refractivity contribution in [2.45, 2.75) is 6.92 Å². The molecule has 0 bridgehead atoms. The summed E-state index contributed by atoms with van der Waals surface area (Å²) in [7, 11) is 0. The molecule has 0 aliphatic carbocycles. The van der Waals surface area contributed by atoms with Gasteiger partial charge in [0.05, 0.1) is 11.0 Å². The van der Waals surface area contributed by atoms with Crippen molar-refractivity contribution in [2.75, 3.05) is 0 Å². The van der Waals surface area contributed by atoms with Crippen LogP contribution in [0.15, 0.2) is 54.6 Å². The van der Waals surface area contributed by atoms with Crippen LogP contribution in [0, 0.1) is 6.92 Å². The minimum atomic E-state index is -0.123. The molecule has 20 heavy (non-hydrogen) atoms. The monoisotopic (exact) mass is 262 g/mol. The molecule has 1 aromatic heterocycles. The number of nitrogens with one attached hydrogen (secondary N) is 1. The Hall–Kier alpha value is -2.68. The number of carbonyl (C=O) groups is 1. The van der Waals surface area contributed by atoms with Gasteiger partial charge in [0.15, 0.2) is 5.82 Å². The van der Waals surface area contributed by atoms with Crippen molar-refractivity contribution >= 4 is 22.9 Å². The van der Waals surface area contributed by atoms with Gasteiger partial charge in [-0.3, -0.25) is 4.79 Å². The van der Waals surface area contributed by atoms with Crippen LogP contribution >= 0.6 is 0 Å². The van der Waals surface area contributed by atoms with Gasteiger partial charge in [0.25, 0.3) is 0 Å². The molecule has 2 aromatic carbocycles. The Balaban J connectivity index is 1.83. The molecule has 3 aromatic rings. The molecule has 0 radical (unpaired) electrons. The second-order valence-electron chi connectivity index (χ2n) is 4.71. The lowest BCUT2D eigenvalue weighted by atomic mass is 10.1. The van der Waals surface area contributed by atoms with E-state index in [4.69, 9.17) is 0 Å². The topological polar surface area (TPSA) is 45.8 Å². The zero-order valence-electron chi connectivity index (χ0n) is 11.1. The Morgan fingerprint density at radius 1 is 1.10 bits per heavy atom. The lowest BCUT2D eigenvalue weighted by molar-refractivity contribution is 0.103. The number of fused-ring (bicyclic) bond motifs is 1. The molecule has 1 N–H and O–H groups in total. The summed E-state index contributed by atoms with van der Waals surface area (Å²) < 4.78 is 0. The molecule has 0 aliphatic rings. The van der Waals surface area contributed by atoms with E-state index < -0.39 is 0 Å². The van der Waals surface area contributed by atoms with Crippen molar-refractivity contribution in [2.24, 2.45) is 0 Å². The van der Waals surface area contributed by atoms with Gasteiger partial charge in [-0.25, -0.2) is 4.98 Å². The molecule has 0 unspecified atom stereocenters. The number of para-hydroxylation sites is 2. The van der Waals surface area contributed by atoms with E-state index in [0.717, 1.165) is 16.6 Å². The summed E-state index contributed by atoms with van der Waals surface area (Å²) in [6.07, 6.45) is 3.34. The van der Waals surface area contributed by atoms with Crippen LogP contribution in [0.1, 0.15) is 21.7 Å². The van der Waals surface area contributed by atoms with Gasteiger partial charge in [-0.05, 0) is 30.7 Å². The molecule has 1 heterocycles. The molecule has 3 nitrogen and oxygen atoms in total. The van der Waals surface area contributed by atoms with Gasteiger partial charge >= 0.3 is 0 Å². The SMILES string of the molecule is Cc1ccc(C=CC(=O)c2nc3ccccc3[nH]2)cc1. The summed E-state index contributed by atoms with van der Waals surface area (Å²) in [5.74, 6) is 0.247. The maximum atomic E-state index is 12.1. The number of imidazole rings is 1. The lowest BCUT2D eigenvalue weighted by Gasteiger charge is -1.94. The molecule has 0 aliphatic heterocycles. The average Bonchev–Trinajstić information content (AvgIpc) is 2.90. The number of benzene rings is 2. The highest BCUT2D eigenvalue weighted by molar-refractivity contribution is 6.05. The molecule has 0 saturated carbocycles. The predicted molar refractivity (Wildman–Crippen MR) is 80.6 cm³/mol. The Morgan fingerprint density at radius 2 is 1.85 bits per heavy atom. The first kappa shape index (κ1) is 12.4. The van der Waals surface area contributed by atoms with Crippen molar-refractivity contribution in [3.05, 3.63) is 71.6 Å². The van der Waals surface area contributed by atoms with E-state index in [2.05, 4.69) is 9.97 Å². The minimum absolute atomic E-state index is 0.123. The van der Waals surface area contributed by atoms with E-state index in [1.807, 2.05) is 55.5 Å². The van der Waals surface area contributed by atoms with Gasteiger partial charge < -0.3 is 4.98 Å². The number of nitrogens with zero attached hydrogens (tertiary/aromatic N) is 1. The van der Waals surface area contributed by atoms with Crippen LogP contribution in [-0.2, 0) is 0 Å².